The third-order valence-corrected chi connectivity index (χ3v) is 8.93. The maximum Gasteiger partial charge on any atom is 0.258 e. The minimum atomic E-state index is -3.94. The molecule has 3 aromatic rings. The summed E-state index contributed by atoms with van der Waals surface area (Å²) in [7, 11) is -3.94. The number of aromatic nitrogens is 3. The van der Waals surface area contributed by atoms with E-state index in [-0.39, 0.29) is 28.7 Å². The first-order valence-corrected chi connectivity index (χ1v) is 12.9. The van der Waals surface area contributed by atoms with Gasteiger partial charge in [-0.2, -0.15) is 5.10 Å². The Balaban J connectivity index is 1.63. The quantitative estimate of drug-likeness (QED) is 0.535. The highest BCUT2D eigenvalue weighted by atomic mass is 32.2. The molecule has 1 saturated carbocycles. The van der Waals surface area contributed by atoms with Gasteiger partial charge in [-0.1, -0.05) is 26.0 Å². The fourth-order valence-corrected chi connectivity index (χ4v) is 6.95. The number of aliphatic hydroxyl groups is 1. The first-order valence-electron chi connectivity index (χ1n) is 11.5. The summed E-state index contributed by atoms with van der Waals surface area (Å²) >= 11 is 0. The van der Waals surface area contributed by atoms with E-state index in [9.17, 15) is 22.3 Å². The van der Waals surface area contributed by atoms with Crippen molar-refractivity contribution in [1.82, 2.24) is 19.9 Å². The minimum absolute atomic E-state index is 0.0389. The number of aliphatic hydroxyl groups excluding tert-OH is 1. The fourth-order valence-electron chi connectivity index (χ4n) is 5.86. The van der Waals surface area contributed by atoms with Crippen molar-refractivity contribution >= 4 is 10.0 Å². The average molecular weight is 501 g/mol. The summed E-state index contributed by atoms with van der Waals surface area (Å²) in [6.45, 7) is 5.53. The number of hydrogen-bond donors (Lipinski definition) is 2. The van der Waals surface area contributed by atoms with Crippen molar-refractivity contribution in [2.45, 2.75) is 56.1 Å². The number of fused-ring (bicyclic) bond motifs is 5. The molecule has 0 unspecified atom stereocenters. The van der Waals surface area contributed by atoms with Crippen LogP contribution in [0.25, 0.3) is 11.3 Å². The summed E-state index contributed by atoms with van der Waals surface area (Å²) < 4.78 is 56.8. The maximum atomic E-state index is 14.4. The fraction of sp³-hybridized carbons (Fsp3) is 0.400. The first-order chi connectivity index (χ1) is 16.5. The number of hydrogen-bond acceptors (Lipinski definition) is 6. The van der Waals surface area contributed by atoms with Gasteiger partial charge in [0.2, 0.25) is 0 Å². The molecule has 35 heavy (non-hydrogen) atoms. The van der Waals surface area contributed by atoms with Crippen LogP contribution in [0.15, 0.2) is 47.5 Å². The number of nitrogens with zero attached hydrogens (tertiary/aromatic N) is 3. The maximum absolute atomic E-state index is 14.4. The molecule has 2 heterocycles. The van der Waals surface area contributed by atoms with E-state index in [4.69, 9.17) is 0 Å². The van der Waals surface area contributed by atoms with Crippen LogP contribution in [0.4, 0.5) is 8.78 Å². The average Bonchev–Trinajstić information content (AvgIpc) is 3.19. The lowest BCUT2D eigenvalue weighted by atomic mass is 9.66. The zero-order chi connectivity index (χ0) is 25.2. The first kappa shape index (κ1) is 23.9. The summed E-state index contributed by atoms with van der Waals surface area (Å²) in [4.78, 5) is 4.56. The largest absolute Gasteiger partial charge is 0.392 e. The molecule has 2 aliphatic rings. The third-order valence-electron chi connectivity index (χ3n) is 7.61. The van der Waals surface area contributed by atoms with Crippen molar-refractivity contribution in [3.63, 3.8) is 0 Å². The van der Waals surface area contributed by atoms with Gasteiger partial charge >= 0.3 is 0 Å². The van der Waals surface area contributed by atoms with Gasteiger partial charge in [0, 0.05) is 6.54 Å². The lowest BCUT2D eigenvalue weighted by Crippen LogP contribution is -2.38. The Morgan fingerprint density at radius 1 is 1.14 bits per heavy atom. The molecule has 2 bridgehead atoms. The Kier molecular flexibility index (Phi) is 5.54. The van der Waals surface area contributed by atoms with Crippen molar-refractivity contribution in [3.05, 3.63) is 71.1 Å². The van der Waals surface area contributed by atoms with E-state index in [1.165, 1.54) is 31.2 Å². The van der Waals surface area contributed by atoms with Gasteiger partial charge in [-0.25, -0.2) is 26.9 Å². The number of sulfonamides is 1. The van der Waals surface area contributed by atoms with Gasteiger partial charge in [0.05, 0.1) is 34.2 Å². The van der Waals surface area contributed by atoms with E-state index < -0.39 is 38.6 Å². The molecule has 2 N–H and O–H groups in total. The second-order valence-corrected chi connectivity index (χ2v) is 11.6. The lowest BCUT2D eigenvalue weighted by molar-refractivity contribution is 0.198. The normalized spacial score (nSPS) is 23.3. The molecule has 0 aliphatic heterocycles. The van der Waals surface area contributed by atoms with Gasteiger partial charge in [-0.15, -0.1) is 5.10 Å². The highest BCUT2D eigenvalue weighted by molar-refractivity contribution is 7.89. The van der Waals surface area contributed by atoms with Gasteiger partial charge in [-0.05, 0) is 67.0 Å². The van der Waals surface area contributed by atoms with E-state index in [0.717, 1.165) is 12.0 Å². The SMILES string of the molecule is C[C@H](O)CNS(=O)(=O)c1cccc([C@@]23CC[C@@H](c4cc(-c5c(F)cccc5F)nnc42)C3(C)C)n1. The van der Waals surface area contributed by atoms with Gasteiger partial charge in [-0.3, -0.25) is 0 Å². The molecule has 5 rings (SSSR count). The molecule has 184 valence electrons. The van der Waals surface area contributed by atoms with Crippen molar-refractivity contribution in [2.24, 2.45) is 5.41 Å². The van der Waals surface area contributed by atoms with E-state index in [1.54, 1.807) is 18.2 Å². The Morgan fingerprint density at radius 3 is 2.51 bits per heavy atom. The van der Waals surface area contributed by atoms with Crippen molar-refractivity contribution in [3.8, 4) is 11.3 Å². The van der Waals surface area contributed by atoms with E-state index in [2.05, 4.69) is 33.8 Å². The van der Waals surface area contributed by atoms with Crippen LogP contribution in [0.1, 0.15) is 56.5 Å². The molecule has 1 fully saturated rings. The molecule has 0 radical (unpaired) electrons. The molecule has 2 aliphatic carbocycles. The molecule has 0 saturated heterocycles. The van der Waals surface area contributed by atoms with Gasteiger partial charge in [0.1, 0.15) is 11.6 Å². The molecule has 3 atom stereocenters. The Hall–Kier alpha value is -2.82. The number of rotatable bonds is 6. The molecule has 1 aromatic carbocycles. The van der Waals surface area contributed by atoms with Crippen LogP contribution < -0.4 is 4.72 Å². The van der Waals surface area contributed by atoms with Gasteiger partial charge in [0.15, 0.2) is 5.03 Å². The monoisotopic (exact) mass is 500 g/mol. The molecule has 7 nitrogen and oxygen atoms in total. The molecule has 2 aromatic heterocycles. The predicted octanol–water partition coefficient (Wildman–Crippen LogP) is 3.68. The summed E-state index contributed by atoms with van der Waals surface area (Å²) in [5.74, 6) is -1.38. The van der Waals surface area contributed by atoms with Crippen molar-refractivity contribution in [1.29, 1.82) is 0 Å². The smallest absolute Gasteiger partial charge is 0.258 e. The van der Waals surface area contributed by atoms with E-state index in [1.807, 2.05) is 0 Å². The summed E-state index contributed by atoms with van der Waals surface area (Å²) in [6, 6.07) is 10.2. The highest BCUT2D eigenvalue weighted by Crippen LogP contribution is 2.69. The van der Waals surface area contributed by atoms with Crippen LogP contribution in [-0.2, 0) is 15.4 Å². The van der Waals surface area contributed by atoms with Crippen LogP contribution >= 0.6 is 0 Å². The zero-order valence-electron chi connectivity index (χ0n) is 19.6. The Morgan fingerprint density at radius 2 is 1.83 bits per heavy atom. The molecule has 10 heteroatoms. The highest BCUT2D eigenvalue weighted by Gasteiger charge is 2.65. The standard InChI is InChI=1S/C25H26F2N4O3S/c1-14(32)13-28-35(33,34)21-9-5-8-20(29-21)25-11-10-16(24(25,2)3)15-12-19(30-31-23(15)25)22-17(26)6-4-7-18(22)27/h4-9,12,14,16,28,32H,10-11,13H2,1-3H3/t14-,16-,25-/m0/s1. The number of halogens is 2. The summed E-state index contributed by atoms with van der Waals surface area (Å²) in [5, 5.41) is 18.0. The Labute approximate surface area is 202 Å². The molecular formula is C25H26F2N4O3S. The van der Waals surface area contributed by atoms with Gasteiger partial charge < -0.3 is 5.11 Å². The number of pyridine rings is 1. The van der Waals surface area contributed by atoms with Crippen LogP contribution in [0.2, 0.25) is 0 Å². The van der Waals surface area contributed by atoms with Crippen LogP contribution in [-0.4, -0.2) is 41.4 Å². The van der Waals surface area contributed by atoms with E-state index >= 15 is 0 Å². The molecule has 0 spiro atoms. The number of benzene rings is 1. The third kappa shape index (κ3) is 3.49. The zero-order valence-corrected chi connectivity index (χ0v) is 20.4. The topological polar surface area (TPSA) is 105 Å². The van der Waals surface area contributed by atoms with E-state index in [0.29, 0.717) is 17.8 Å². The lowest BCUT2D eigenvalue weighted by Gasteiger charge is -2.37. The summed E-state index contributed by atoms with van der Waals surface area (Å²) in [6.07, 6.45) is 0.646. The van der Waals surface area contributed by atoms with Crippen LogP contribution in [0, 0.1) is 17.0 Å². The molecule has 0 amide bonds. The van der Waals surface area contributed by atoms with Crippen molar-refractivity contribution in [2.75, 3.05) is 6.54 Å². The Bertz CT molecular complexity index is 1410. The van der Waals surface area contributed by atoms with Crippen LogP contribution in [0.5, 0.6) is 0 Å². The minimum Gasteiger partial charge on any atom is -0.392 e. The molecular weight excluding hydrogens is 474 g/mol. The second kappa shape index (κ2) is 8.11. The predicted molar refractivity (Wildman–Crippen MR) is 125 cm³/mol. The van der Waals surface area contributed by atoms with Crippen molar-refractivity contribution < 1.29 is 22.3 Å². The summed E-state index contributed by atoms with van der Waals surface area (Å²) in [5.41, 5.74) is 0.899. The second-order valence-electron chi connectivity index (χ2n) is 9.91. The van der Waals surface area contributed by atoms with Crippen LogP contribution in [0.3, 0.4) is 0 Å². The van der Waals surface area contributed by atoms with Gasteiger partial charge in [0.25, 0.3) is 10.0 Å². The number of nitrogens with one attached hydrogen (secondary N) is 1.